The summed E-state index contributed by atoms with van der Waals surface area (Å²) in [5.41, 5.74) is 1.95. The second-order valence-electron chi connectivity index (χ2n) is 6.56. The van der Waals surface area contributed by atoms with E-state index in [-0.39, 0.29) is 35.5 Å². The first-order valence-electron chi connectivity index (χ1n) is 8.35. The van der Waals surface area contributed by atoms with Gasteiger partial charge >= 0.3 is 0 Å². The Bertz CT molecular complexity index is 694. The van der Waals surface area contributed by atoms with Crippen LogP contribution >= 0.6 is 0 Å². The number of rotatable bonds is 4. The zero-order valence-corrected chi connectivity index (χ0v) is 14.9. The number of phenols is 2. The second-order valence-corrected chi connectivity index (χ2v) is 6.56. The van der Waals surface area contributed by atoms with Crippen LogP contribution in [0.4, 0.5) is 0 Å². The Labute approximate surface area is 147 Å². The highest BCUT2D eigenvalue weighted by Gasteiger charge is 2.41. The first kappa shape index (κ1) is 17.4. The minimum absolute atomic E-state index is 0.103. The van der Waals surface area contributed by atoms with Crippen LogP contribution in [-0.4, -0.2) is 24.4 Å². The maximum atomic E-state index is 9.81. The fourth-order valence-electron chi connectivity index (χ4n) is 3.46. The molecule has 0 saturated carbocycles. The van der Waals surface area contributed by atoms with E-state index in [0.717, 1.165) is 11.1 Å². The minimum Gasteiger partial charge on any atom is -0.504 e. The number of hydrogen-bond acceptors (Lipinski definition) is 5. The molecule has 1 saturated heterocycles. The van der Waals surface area contributed by atoms with Crippen molar-refractivity contribution in [3.63, 3.8) is 0 Å². The smallest absolute Gasteiger partial charge is 0.160 e. The molecular formula is C20H24O5. The highest BCUT2D eigenvalue weighted by molar-refractivity contribution is 5.44. The molecule has 1 fully saturated rings. The van der Waals surface area contributed by atoms with Gasteiger partial charge in [0.05, 0.1) is 26.4 Å². The predicted molar refractivity (Wildman–Crippen MR) is 94.2 cm³/mol. The Morgan fingerprint density at radius 3 is 1.52 bits per heavy atom. The van der Waals surface area contributed by atoms with Gasteiger partial charge in [-0.3, -0.25) is 0 Å². The van der Waals surface area contributed by atoms with Crippen LogP contribution in [0.2, 0.25) is 0 Å². The summed E-state index contributed by atoms with van der Waals surface area (Å²) in [7, 11) is 3.07. The number of aromatic hydroxyl groups is 2. The molecule has 134 valence electrons. The van der Waals surface area contributed by atoms with Gasteiger partial charge in [0.2, 0.25) is 0 Å². The predicted octanol–water partition coefficient (Wildman–Crippen LogP) is 4.20. The Morgan fingerprint density at radius 2 is 1.16 bits per heavy atom. The molecular weight excluding hydrogens is 320 g/mol. The molecule has 5 heteroatoms. The van der Waals surface area contributed by atoms with Crippen molar-refractivity contribution in [1.29, 1.82) is 0 Å². The molecule has 0 aromatic heterocycles. The van der Waals surface area contributed by atoms with Gasteiger partial charge in [-0.1, -0.05) is 26.0 Å². The molecule has 2 aromatic rings. The first-order valence-corrected chi connectivity index (χ1v) is 8.35. The van der Waals surface area contributed by atoms with Gasteiger partial charge < -0.3 is 24.4 Å². The Morgan fingerprint density at radius 1 is 0.760 bits per heavy atom. The molecule has 1 aliphatic heterocycles. The maximum absolute atomic E-state index is 9.81. The fraction of sp³-hybridized carbons (Fsp3) is 0.400. The molecule has 0 aliphatic carbocycles. The molecule has 2 N–H and O–H groups in total. The first-order chi connectivity index (χ1) is 12.0. The van der Waals surface area contributed by atoms with E-state index in [0.29, 0.717) is 11.5 Å². The van der Waals surface area contributed by atoms with Crippen LogP contribution in [0.5, 0.6) is 23.0 Å². The third-order valence-corrected chi connectivity index (χ3v) is 5.14. The van der Waals surface area contributed by atoms with Gasteiger partial charge in [-0.2, -0.15) is 0 Å². The van der Waals surface area contributed by atoms with Crippen molar-refractivity contribution < 1.29 is 24.4 Å². The molecule has 4 atom stereocenters. The summed E-state index contributed by atoms with van der Waals surface area (Å²) in [5, 5.41) is 19.6. The van der Waals surface area contributed by atoms with Gasteiger partial charge in [-0.25, -0.2) is 0 Å². The van der Waals surface area contributed by atoms with Gasteiger partial charge in [-0.05, 0) is 47.2 Å². The number of phenolic OH excluding ortho intramolecular Hbond substituents is 2. The van der Waals surface area contributed by atoms with Gasteiger partial charge in [-0.15, -0.1) is 0 Å². The highest BCUT2D eigenvalue weighted by atomic mass is 16.5. The highest BCUT2D eigenvalue weighted by Crippen LogP contribution is 2.50. The zero-order valence-electron chi connectivity index (χ0n) is 14.9. The fourth-order valence-corrected chi connectivity index (χ4v) is 3.46. The summed E-state index contributed by atoms with van der Waals surface area (Å²) < 4.78 is 16.8. The van der Waals surface area contributed by atoms with E-state index in [1.165, 1.54) is 14.2 Å². The minimum atomic E-state index is -0.103. The summed E-state index contributed by atoms with van der Waals surface area (Å²) in [6.07, 6.45) is -0.205. The summed E-state index contributed by atoms with van der Waals surface area (Å²) in [5.74, 6) is 1.67. The summed E-state index contributed by atoms with van der Waals surface area (Å²) >= 11 is 0. The van der Waals surface area contributed by atoms with E-state index >= 15 is 0 Å². The quantitative estimate of drug-likeness (QED) is 0.870. The lowest BCUT2D eigenvalue weighted by Crippen LogP contribution is -2.10. The van der Waals surface area contributed by atoms with E-state index < -0.39 is 0 Å². The topological polar surface area (TPSA) is 68.2 Å². The molecule has 5 nitrogen and oxygen atoms in total. The van der Waals surface area contributed by atoms with Crippen molar-refractivity contribution in [3.05, 3.63) is 47.5 Å². The third kappa shape index (κ3) is 3.12. The van der Waals surface area contributed by atoms with E-state index in [4.69, 9.17) is 14.2 Å². The lowest BCUT2D eigenvalue weighted by Gasteiger charge is -2.18. The maximum Gasteiger partial charge on any atom is 0.160 e. The Hall–Kier alpha value is -2.40. The molecule has 25 heavy (non-hydrogen) atoms. The third-order valence-electron chi connectivity index (χ3n) is 5.14. The molecule has 0 radical (unpaired) electrons. The van der Waals surface area contributed by atoms with E-state index in [9.17, 15) is 10.2 Å². The average molecular weight is 344 g/mol. The molecule has 0 unspecified atom stereocenters. The van der Waals surface area contributed by atoms with Crippen LogP contribution in [0, 0.1) is 11.8 Å². The second kappa shape index (κ2) is 6.84. The van der Waals surface area contributed by atoms with Crippen LogP contribution in [0.15, 0.2) is 36.4 Å². The summed E-state index contributed by atoms with van der Waals surface area (Å²) in [6.45, 7) is 4.32. The molecule has 0 amide bonds. The van der Waals surface area contributed by atoms with Crippen LogP contribution in [0.1, 0.15) is 37.2 Å². The van der Waals surface area contributed by atoms with E-state index in [1.807, 2.05) is 24.3 Å². The average Bonchev–Trinajstić information content (AvgIpc) is 2.91. The Kier molecular flexibility index (Phi) is 4.77. The van der Waals surface area contributed by atoms with Crippen molar-refractivity contribution in [1.82, 2.24) is 0 Å². The van der Waals surface area contributed by atoms with Gasteiger partial charge in [0.1, 0.15) is 0 Å². The van der Waals surface area contributed by atoms with Gasteiger partial charge in [0.25, 0.3) is 0 Å². The van der Waals surface area contributed by atoms with Crippen molar-refractivity contribution in [2.45, 2.75) is 26.1 Å². The number of hydrogen-bond donors (Lipinski definition) is 2. The standard InChI is InChI=1S/C20H24O5/c1-11-12(2)20(14-6-8-16(22)18(10-14)24-4)25-19(11)13-5-7-15(21)17(9-13)23-3/h5-12,19-22H,1-4H3/t11-,12+,19+,20-. The largest absolute Gasteiger partial charge is 0.504 e. The van der Waals surface area contributed by atoms with Crippen molar-refractivity contribution in [2.24, 2.45) is 11.8 Å². The molecule has 3 rings (SSSR count). The van der Waals surface area contributed by atoms with Crippen LogP contribution in [-0.2, 0) is 4.74 Å². The van der Waals surface area contributed by atoms with Crippen LogP contribution < -0.4 is 9.47 Å². The molecule has 0 bridgehead atoms. The zero-order chi connectivity index (χ0) is 18.1. The number of ether oxygens (including phenoxy) is 3. The van der Waals surface area contributed by atoms with Crippen LogP contribution in [0.3, 0.4) is 0 Å². The van der Waals surface area contributed by atoms with Gasteiger partial charge in [0, 0.05) is 0 Å². The van der Waals surface area contributed by atoms with Gasteiger partial charge in [0.15, 0.2) is 23.0 Å². The van der Waals surface area contributed by atoms with Crippen LogP contribution in [0.25, 0.3) is 0 Å². The lowest BCUT2D eigenvalue weighted by molar-refractivity contribution is 0.0288. The van der Waals surface area contributed by atoms with Crippen molar-refractivity contribution in [2.75, 3.05) is 14.2 Å². The number of benzene rings is 2. The molecule has 1 heterocycles. The Balaban J connectivity index is 1.91. The normalized spacial score (nSPS) is 25.8. The number of methoxy groups -OCH3 is 2. The molecule has 1 aliphatic rings. The van der Waals surface area contributed by atoms with Crippen molar-refractivity contribution in [3.8, 4) is 23.0 Å². The van der Waals surface area contributed by atoms with Crippen molar-refractivity contribution >= 4 is 0 Å². The van der Waals surface area contributed by atoms with E-state index in [2.05, 4.69) is 13.8 Å². The molecule has 0 spiro atoms. The SMILES string of the molecule is COc1cc([C@H]2O[C@@H](c3ccc(O)c(OC)c3)[C@@H](C)[C@H]2C)ccc1O. The summed E-state index contributed by atoms with van der Waals surface area (Å²) in [6, 6.07) is 10.6. The lowest BCUT2D eigenvalue weighted by atomic mass is 9.85. The monoisotopic (exact) mass is 344 g/mol. The molecule has 2 aromatic carbocycles. The van der Waals surface area contributed by atoms with E-state index in [1.54, 1.807) is 12.1 Å². The summed E-state index contributed by atoms with van der Waals surface area (Å²) in [4.78, 5) is 0.